The van der Waals surface area contributed by atoms with E-state index in [4.69, 9.17) is 11.6 Å². The average molecular weight is 366 g/mol. The summed E-state index contributed by atoms with van der Waals surface area (Å²) in [4.78, 5) is 0.315. The maximum Gasteiger partial charge on any atom is 0.243 e. The molecule has 5 heteroatoms. The van der Waals surface area contributed by atoms with Crippen LogP contribution in [-0.4, -0.2) is 31.7 Å². The van der Waals surface area contributed by atoms with Crippen molar-refractivity contribution in [2.75, 3.05) is 19.0 Å². The van der Waals surface area contributed by atoms with E-state index in [2.05, 4.69) is 18.4 Å². The van der Waals surface area contributed by atoms with Gasteiger partial charge in [0.25, 0.3) is 0 Å². The standard InChI is InChI=1S/C19H24ClNO2S/c1-3-19(12-13-19)16-21(15-7-5-4-6-14-20)24(22,23)18-10-8-17(2)9-11-18/h3,8-11H,1,4,6,12-16H2,2H3. The minimum absolute atomic E-state index is 0.0877. The van der Waals surface area contributed by atoms with Gasteiger partial charge in [-0.05, 0) is 38.3 Å². The molecule has 0 spiro atoms. The van der Waals surface area contributed by atoms with E-state index >= 15 is 0 Å². The lowest BCUT2D eigenvalue weighted by molar-refractivity contribution is 0.392. The molecule has 1 saturated carbocycles. The van der Waals surface area contributed by atoms with Crippen molar-refractivity contribution in [3.05, 3.63) is 42.5 Å². The van der Waals surface area contributed by atoms with Crippen molar-refractivity contribution < 1.29 is 8.42 Å². The SMILES string of the molecule is C=CC1(CN(CC#CCCCCl)S(=O)(=O)c2ccc(C)cc2)CC1. The van der Waals surface area contributed by atoms with Gasteiger partial charge >= 0.3 is 0 Å². The minimum Gasteiger partial charge on any atom is -0.207 e. The van der Waals surface area contributed by atoms with Gasteiger partial charge in [-0.15, -0.1) is 24.1 Å². The van der Waals surface area contributed by atoms with Crippen molar-refractivity contribution >= 4 is 21.6 Å². The zero-order chi connectivity index (χ0) is 17.6. The van der Waals surface area contributed by atoms with Gasteiger partial charge < -0.3 is 0 Å². The molecular formula is C19H24ClNO2S. The molecule has 0 aliphatic heterocycles. The summed E-state index contributed by atoms with van der Waals surface area (Å²) in [6, 6.07) is 6.95. The lowest BCUT2D eigenvalue weighted by Gasteiger charge is -2.23. The number of aryl methyl sites for hydroxylation is 1. The van der Waals surface area contributed by atoms with Gasteiger partial charge in [-0.25, -0.2) is 8.42 Å². The van der Waals surface area contributed by atoms with Gasteiger partial charge in [-0.2, -0.15) is 4.31 Å². The van der Waals surface area contributed by atoms with Crippen LogP contribution in [0.5, 0.6) is 0 Å². The van der Waals surface area contributed by atoms with Gasteiger partial charge in [0.1, 0.15) is 0 Å². The molecule has 130 valence electrons. The van der Waals surface area contributed by atoms with Crippen molar-refractivity contribution in [2.45, 2.75) is 37.5 Å². The Bertz CT molecular complexity index is 725. The largest absolute Gasteiger partial charge is 0.243 e. The fourth-order valence-corrected chi connectivity index (χ4v) is 3.98. The number of sulfonamides is 1. The Kier molecular flexibility index (Phi) is 6.51. The number of halogens is 1. The van der Waals surface area contributed by atoms with Crippen LogP contribution in [0.4, 0.5) is 0 Å². The van der Waals surface area contributed by atoms with Crippen molar-refractivity contribution in [1.82, 2.24) is 4.31 Å². The molecule has 24 heavy (non-hydrogen) atoms. The summed E-state index contributed by atoms with van der Waals surface area (Å²) < 4.78 is 27.5. The summed E-state index contributed by atoms with van der Waals surface area (Å²) in [5.74, 6) is 6.56. The average Bonchev–Trinajstić information content (AvgIpc) is 3.34. The molecule has 1 aliphatic rings. The summed E-state index contributed by atoms with van der Waals surface area (Å²) in [6.45, 7) is 6.44. The number of nitrogens with zero attached hydrogens (tertiary/aromatic N) is 1. The van der Waals surface area contributed by atoms with Crippen molar-refractivity contribution in [2.24, 2.45) is 5.41 Å². The van der Waals surface area contributed by atoms with E-state index in [0.717, 1.165) is 24.8 Å². The van der Waals surface area contributed by atoms with Gasteiger partial charge in [-0.1, -0.05) is 29.7 Å². The van der Waals surface area contributed by atoms with Crippen LogP contribution in [0, 0.1) is 24.2 Å². The Labute approximate surface area is 150 Å². The van der Waals surface area contributed by atoms with Crippen LogP contribution >= 0.6 is 11.6 Å². The molecule has 0 radical (unpaired) electrons. The lowest BCUT2D eigenvalue weighted by atomic mass is 10.1. The van der Waals surface area contributed by atoms with E-state index in [0.29, 0.717) is 23.7 Å². The third-order valence-electron chi connectivity index (χ3n) is 4.29. The quantitative estimate of drug-likeness (QED) is 0.302. The van der Waals surface area contributed by atoms with Crippen LogP contribution in [0.3, 0.4) is 0 Å². The van der Waals surface area contributed by atoms with Gasteiger partial charge in [0, 0.05) is 24.3 Å². The molecule has 0 amide bonds. The summed E-state index contributed by atoms with van der Waals surface area (Å²) in [7, 11) is -3.56. The van der Waals surface area contributed by atoms with Crippen LogP contribution in [-0.2, 0) is 10.0 Å². The van der Waals surface area contributed by atoms with Crippen molar-refractivity contribution in [3.8, 4) is 11.8 Å². The molecule has 1 aromatic rings. The van der Waals surface area contributed by atoms with E-state index in [9.17, 15) is 8.42 Å². The smallest absolute Gasteiger partial charge is 0.207 e. The first-order valence-corrected chi connectivity index (χ1v) is 10.1. The lowest BCUT2D eigenvalue weighted by Crippen LogP contribution is -2.36. The number of hydrogen-bond donors (Lipinski definition) is 0. The van der Waals surface area contributed by atoms with E-state index in [1.165, 1.54) is 4.31 Å². The second-order valence-electron chi connectivity index (χ2n) is 6.30. The van der Waals surface area contributed by atoms with Crippen LogP contribution in [0.1, 0.15) is 31.2 Å². The number of benzene rings is 1. The molecule has 0 N–H and O–H groups in total. The summed E-state index contributed by atoms with van der Waals surface area (Å²) in [5, 5.41) is 0. The molecule has 1 fully saturated rings. The maximum absolute atomic E-state index is 13.0. The molecule has 3 nitrogen and oxygen atoms in total. The Hall–Kier alpha value is -1.28. The summed E-state index contributed by atoms with van der Waals surface area (Å²) in [6.07, 6.45) is 5.35. The van der Waals surface area contributed by atoms with E-state index in [-0.39, 0.29) is 12.0 Å². The highest BCUT2D eigenvalue weighted by Crippen LogP contribution is 2.47. The molecule has 0 aromatic heterocycles. The monoisotopic (exact) mass is 365 g/mol. The maximum atomic E-state index is 13.0. The Morgan fingerprint density at radius 2 is 1.96 bits per heavy atom. The highest BCUT2D eigenvalue weighted by atomic mass is 35.5. The normalized spacial score (nSPS) is 15.6. The molecule has 0 unspecified atom stereocenters. The molecule has 1 aromatic carbocycles. The highest BCUT2D eigenvalue weighted by Gasteiger charge is 2.43. The van der Waals surface area contributed by atoms with Crippen LogP contribution in [0.25, 0.3) is 0 Å². The number of rotatable bonds is 8. The summed E-state index contributed by atoms with van der Waals surface area (Å²) >= 11 is 5.64. The third kappa shape index (κ3) is 4.86. The van der Waals surface area contributed by atoms with Gasteiger partial charge in [0.05, 0.1) is 11.4 Å². The van der Waals surface area contributed by atoms with E-state index in [1.807, 2.05) is 25.1 Å². The molecule has 0 heterocycles. The first kappa shape index (κ1) is 19.1. The fourth-order valence-electron chi connectivity index (χ4n) is 2.41. The molecule has 0 atom stereocenters. The first-order valence-electron chi connectivity index (χ1n) is 8.16. The second kappa shape index (κ2) is 8.20. The minimum atomic E-state index is -3.56. The zero-order valence-electron chi connectivity index (χ0n) is 14.1. The predicted octanol–water partition coefficient (Wildman–Crippen LogP) is 3.97. The van der Waals surface area contributed by atoms with E-state index < -0.39 is 10.0 Å². The molecule has 2 rings (SSSR count). The number of alkyl halides is 1. The summed E-state index contributed by atoms with van der Waals surface area (Å²) in [5.41, 5.74) is 0.946. The van der Waals surface area contributed by atoms with Crippen molar-refractivity contribution in [1.29, 1.82) is 0 Å². The second-order valence-corrected chi connectivity index (χ2v) is 8.61. The molecule has 0 bridgehead atoms. The van der Waals surface area contributed by atoms with Crippen LogP contribution in [0.2, 0.25) is 0 Å². The zero-order valence-corrected chi connectivity index (χ0v) is 15.7. The van der Waals surface area contributed by atoms with E-state index in [1.54, 1.807) is 12.1 Å². The number of hydrogen-bond acceptors (Lipinski definition) is 2. The molecule has 0 saturated heterocycles. The predicted molar refractivity (Wildman–Crippen MR) is 99.5 cm³/mol. The van der Waals surface area contributed by atoms with Crippen molar-refractivity contribution in [3.63, 3.8) is 0 Å². The molecule has 1 aliphatic carbocycles. The Morgan fingerprint density at radius 1 is 1.29 bits per heavy atom. The fraction of sp³-hybridized carbons (Fsp3) is 0.474. The topological polar surface area (TPSA) is 37.4 Å². The highest BCUT2D eigenvalue weighted by molar-refractivity contribution is 7.89. The Balaban J connectivity index is 2.21. The Morgan fingerprint density at radius 3 is 2.50 bits per heavy atom. The van der Waals surface area contributed by atoms with Gasteiger partial charge in [0.2, 0.25) is 10.0 Å². The third-order valence-corrected chi connectivity index (χ3v) is 6.36. The van der Waals surface area contributed by atoms with Gasteiger partial charge in [0.15, 0.2) is 0 Å². The molecular weight excluding hydrogens is 342 g/mol. The number of unbranched alkanes of at least 4 members (excludes halogenated alkanes) is 1. The van der Waals surface area contributed by atoms with Crippen LogP contribution in [0.15, 0.2) is 41.8 Å². The van der Waals surface area contributed by atoms with Crippen LogP contribution < -0.4 is 0 Å². The van der Waals surface area contributed by atoms with Gasteiger partial charge in [-0.3, -0.25) is 0 Å². The first-order chi connectivity index (χ1) is 11.4.